The Balaban J connectivity index is 1.99. The van der Waals surface area contributed by atoms with Crippen molar-refractivity contribution in [2.45, 2.75) is 52.4 Å². The fourth-order valence-electron chi connectivity index (χ4n) is 3.82. The summed E-state index contributed by atoms with van der Waals surface area (Å²) in [6.07, 6.45) is 0. The van der Waals surface area contributed by atoms with Crippen molar-refractivity contribution in [3.05, 3.63) is 70.9 Å². The summed E-state index contributed by atoms with van der Waals surface area (Å²) in [6.45, 7) is 13.3. The molecule has 0 atom stereocenters. The van der Waals surface area contributed by atoms with E-state index in [1.165, 1.54) is 26.1 Å². The van der Waals surface area contributed by atoms with Crippen LogP contribution < -0.4 is 0 Å². The molecule has 0 amide bonds. The van der Waals surface area contributed by atoms with Crippen LogP contribution in [0.5, 0.6) is 0 Å². The van der Waals surface area contributed by atoms with Crippen molar-refractivity contribution in [3.8, 4) is 11.1 Å². The molecule has 0 nitrogen and oxygen atoms in total. The average Bonchev–Trinajstić information content (AvgIpc) is 3.05. The predicted molar refractivity (Wildman–Crippen MR) is 122 cm³/mol. The Morgan fingerprint density at radius 2 is 1.46 bits per heavy atom. The summed E-state index contributed by atoms with van der Waals surface area (Å²) in [6, 6.07) is 18.5. The van der Waals surface area contributed by atoms with Gasteiger partial charge in [0.1, 0.15) is 5.82 Å². The van der Waals surface area contributed by atoms with Gasteiger partial charge in [-0.15, -0.1) is 11.3 Å². The van der Waals surface area contributed by atoms with Gasteiger partial charge in [-0.25, -0.2) is 4.39 Å². The fourth-order valence-corrected chi connectivity index (χ4v) is 4.96. The van der Waals surface area contributed by atoms with E-state index in [1.54, 1.807) is 6.07 Å². The molecule has 1 aromatic heterocycles. The van der Waals surface area contributed by atoms with Gasteiger partial charge in [0, 0.05) is 20.3 Å². The molecule has 2 heteroatoms. The molecule has 4 rings (SSSR count). The largest absolute Gasteiger partial charge is 0.206 e. The maximum absolute atomic E-state index is 14.5. The highest BCUT2D eigenvalue weighted by molar-refractivity contribution is 7.19. The third kappa shape index (κ3) is 3.24. The highest BCUT2D eigenvalue weighted by Crippen LogP contribution is 2.40. The number of thiophene rings is 1. The van der Waals surface area contributed by atoms with E-state index in [0.717, 1.165) is 10.9 Å². The third-order valence-corrected chi connectivity index (χ3v) is 6.91. The van der Waals surface area contributed by atoms with E-state index in [0.29, 0.717) is 5.39 Å². The minimum atomic E-state index is -0.154. The topological polar surface area (TPSA) is 0 Å². The zero-order valence-corrected chi connectivity index (χ0v) is 18.3. The second-order valence-electron chi connectivity index (χ2n) is 9.68. The van der Waals surface area contributed by atoms with Crippen molar-refractivity contribution >= 4 is 32.2 Å². The number of hydrogen-bond donors (Lipinski definition) is 0. The molecule has 0 aliphatic carbocycles. The van der Waals surface area contributed by atoms with Crippen LogP contribution in [-0.2, 0) is 10.8 Å². The van der Waals surface area contributed by atoms with E-state index in [1.807, 2.05) is 23.5 Å². The molecule has 0 aliphatic rings. The van der Waals surface area contributed by atoms with Gasteiger partial charge in [-0.05, 0) is 57.2 Å². The molecule has 0 unspecified atom stereocenters. The van der Waals surface area contributed by atoms with E-state index in [9.17, 15) is 4.39 Å². The van der Waals surface area contributed by atoms with Gasteiger partial charge >= 0.3 is 0 Å². The van der Waals surface area contributed by atoms with Crippen LogP contribution in [0.3, 0.4) is 0 Å². The Hall–Kier alpha value is -2.19. The summed E-state index contributed by atoms with van der Waals surface area (Å²) >= 11 is 1.87. The van der Waals surface area contributed by atoms with Crippen LogP contribution in [-0.4, -0.2) is 0 Å². The predicted octanol–water partition coefficient (Wildman–Crippen LogP) is 8.46. The molecular formula is C26H27FS. The highest BCUT2D eigenvalue weighted by Gasteiger charge is 2.20. The van der Waals surface area contributed by atoms with Crippen molar-refractivity contribution in [3.63, 3.8) is 0 Å². The summed E-state index contributed by atoms with van der Waals surface area (Å²) < 4.78 is 15.8. The molecule has 0 spiro atoms. The lowest BCUT2D eigenvalue weighted by atomic mass is 9.83. The van der Waals surface area contributed by atoms with Crippen LogP contribution in [0.2, 0.25) is 0 Å². The maximum Gasteiger partial charge on any atom is 0.131 e. The van der Waals surface area contributed by atoms with E-state index in [-0.39, 0.29) is 16.6 Å². The highest BCUT2D eigenvalue weighted by atomic mass is 32.1. The molecule has 0 N–H and O–H groups in total. The van der Waals surface area contributed by atoms with Crippen LogP contribution in [0.25, 0.3) is 32.0 Å². The molecule has 0 saturated carbocycles. The molecule has 0 saturated heterocycles. The van der Waals surface area contributed by atoms with Crippen molar-refractivity contribution in [2.75, 3.05) is 0 Å². The average molecular weight is 391 g/mol. The second-order valence-corrected chi connectivity index (χ2v) is 10.8. The van der Waals surface area contributed by atoms with Crippen LogP contribution in [0.1, 0.15) is 52.0 Å². The van der Waals surface area contributed by atoms with Crippen molar-refractivity contribution in [1.29, 1.82) is 0 Å². The molecule has 0 radical (unpaired) electrons. The molecule has 0 fully saturated rings. The Bertz CT molecular complexity index is 1180. The zero-order valence-electron chi connectivity index (χ0n) is 17.5. The van der Waals surface area contributed by atoms with Crippen LogP contribution in [0.4, 0.5) is 4.39 Å². The zero-order chi connectivity index (χ0) is 20.3. The first-order valence-electron chi connectivity index (χ1n) is 9.82. The van der Waals surface area contributed by atoms with Gasteiger partial charge in [0.15, 0.2) is 0 Å². The molecule has 1 heterocycles. The maximum atomic E-state index is 14.5. The van der Waals surface area contributed by atoms with Gasteiger partial charge in [-0.1, -0.05) is 71.9 Å². The Morgan fingerprint density at radius 1 is 0.714 bits per heavy atom. The summed E-state index contributed by atoms with van der Waals surface area (Å²) in [4.78, 5) is 1.39. The molecule has 0 aliphatic heterocycles. The minimum Gasteiger partial charge on any atom is -0.206 e. The Kier molecular flexibility index (Phi) is 4.39. The first-order valence-corrected chi connectivity index (χ1v) is 10.6. The third-order valence-electron chi connectivity index (χ3n) is 5.38. The van der Waals surface area contributed by atoms with Gasteiger partial charge in [-0.3, -0.25) is 0 Å². The van der Waals surface area contributed by atoms with E-state index < -0.39 is 0 Å². The van der Waals surface area contributed by atoms with Crippen molar-refractivity contribution in [1.82, 2.24) is 0 Å². The molecule has 28 heavy (non-hydrogen) atoms. The fraction of sp³-hybridized carbons (Fsp3) is 0.308. The van der Waals surface area contributed by atoms with Gasteiger partial charge in [0.2, 0.25) is 0 Å². The molecule has 144 valence electrons. The lowest BCUT2D eigenvalue weighted by Crippen LogP contribution is -2.12. The number of benzene rings is 3. The standard InChI is InChI=1S/C26H27FS/c1-25(2,3)21-12-13-22(27)18-11-10-16(14-19(18)21)17-8-7-9-23-20(17)15-24(28-23)26(4,5)6/h7-15H,1-6H3. The summed E-state index contributed by atoms with van der Waals surface area (Å²) in [5.41, 5.74) is 3.63. The lowest BCUT2D eigenvalue weighted by Gasteiger charge is -2.22. The van der Waals surface area contributed by atoms with Crippen molar-refractivity contribution in [2.24, 2.45) is 0 Å². The van der Waals surface area contributed by atoms with Gasteiger partial charge in [0.05, 0.1) is 0 Å². The molecule has 3 aromatic carbocycles. The summed E-state index contributed by atoms with van der Waals surface area (Å²) in [5, 5.41) is 2.99. The number of hydrogen-bond acceptors (Lipinski definition) is 1. The van der Waals surface area contributed by atoms with Crippen LogP contribution in [0.15, 0.2) is 54.6 Å². The van der Waals surface area contributed by atoms with E-state index in [2.05, 4.69) is 77.9 Å². The van der Waals surface area contributed by atoms with Crippen molar-refractivity contribution < 1.29 is 4.39 Å². The van der Waals surface area contributed by atoms with E-state index >= 15 is 0 Å². The lowest BCUT2D eigenvalue weighted by molar-refractivity contribution is 0.591. The molecular weight excluding hydrogens is 363 g/mol. The minimum absolute atomic E-state index is 0.0433. The number of fused-ring (bicyclic) bond motifs is 2. The SMILES string of the molecule is CC(C)(C)c1cc2c(-c3ccc4c(F)ccc(C(C)(C)C)c4c3)cccc2s1. The first kappa shape index (κ1) is 19.1. The second kappa shape index (κ2) is 6.42. The number of halogens is 1. The van der Waals surface area contributed by atoms with Gasteiger partial charge < -0.3 is 0 Å². The Labute approximate surface area is 171 Å². The normalized spacial score (nSPS) is 12.8. The van der Waals surface area contributed by atoms with Crippen LogP contribution in [0, 0.1) is 5.82 Å². The quantitative estimate of drug-likeness (QED) is 0.306. The molecule has 4 aromatic rings. The summed E-state index contributed by atoms with van der Waals surface area (Å²) in [7, 11) is 0. The number of rotatable bonds is 1. The summed E-state index contributed by atoms with van der Waals surface area (Å²) in [5.74, 6) is -0.154. The van der Waals surface area contributed by atoms with Crippen LogP contribution >= 0.6 is 11.3 Å². The Morgan fingerprint density at radius 3 is 2.14 bits per heavy atom. The van der Waals surface area contributed by atoms with E-state index in [4.69, 9.17) is 0 Å². The monoisotopic (exact) mass is 390 g/mol. The first-order chi connectivity index (χ1) is 13.1. The smallest absolute Gasteiger partial charge is 0.131 e. The molecule has 0 bridgehead atoms. The van der Waals surface area contributed by atoms with Gasteiger partial charge in [-0.2, -0.15) is 0 Å². The van der Waals surface area contributed by atoms with Gasteiger partial charge in [0.25, 0.3) is 0 Å².